The van der Waals surface area contributed by atoms with Gasteiger partial charge in [0.1, 0.15) is 5.69 Å². The Balaban J connectivity index is 1.32. The number of halogens is 1. The molecule has 7 heteroatoms. The Labute approximate surface area is 162 Å². The van der Waals surface area contributed by atoms with Crippen LogP contribution in [0.5, 0.6) is 5.75 Å². The average molecular weight is 380 g/mol. The van der Waals surface area contributed by atoms with E-state index in [2.05, 4.69) is 21.5 Å². The molecule has 1 fully saturated rings. The zero-order valence-electron chi connectivity index (χ0n) is 15.3. The summed E-state index contributed by atoms with van der Waals surface area (Å²) in [5, 5.41) is 7.46. The Morgan fingerprint density at radius 3 is 2.75 bits per heavy atom. The van der Waals surface area contributed by atoms with Crippen molar-refractivity contribution in [3.05, 3.63) is 66.2 Å². The van der Waals surface area contributed by atoms with E-state index < -0.39 is 5.82 Å². The Kier molecular flexibility index (Phi) is 5.32. The van der Waals surface area contributed by atoms with Gasteiger partial charge in [0, 0.05) is 24.4 Å². The molecule has 6 nitrogen and oxygen atoms in total. The third-order valence-electron chi connectivity index (χ3n) is 4.58. The Morgan fingerprint density at radius 2 is 2.00 bits per heavy atom. The number of rotatable bonds is 8. The summed E-state index contributed by atoms with van der Waals surface area (Å²) in [6, 6.07) is 13.9. The Morgan fingerprint density at radius 1 is 1.18 bits per heavy atom. The van der Waals surface area contributed by atoms with Crippen LogP contribution >= 0.6 is 0 Å². The molecule has 0 bridgehead atoms. The van der Waals surface area contributed by atoms with E-state index in [-0.39, 0.29) is 18.3 Å². The van der Waals surface area contributed by atoms with Crippen LogP contribution in [0.25, 0.3) is 11.4 Å². The molecule has 2 heterocycles. The third-order valence-corrected chi connectivity index (χ3v) is 4.58. The normalized spacial score (nSPS) is 13.3. The van der Waals surface area contributed by atoms with Gasteiger partial charge < -0.3 is 10.1 Å². The second-order valence-electron chi connectivity index (χ2n) is 6.74. The van der Waals surface area contributed by atoms with Crippen LogP contribution in [0.2, 0.25) is 0 Å². The van der Waals surface area contributed by atoms with Gasteiger partial charge in [-0.15, -0.1) is 0 Å². The minimum Gasteiger partial charge on any atom is -0.481 e. The first kappa shape index (κ1) is 18.2. The van der Waals surface area contributed by atoms with Crippen LogP contribution in [0.3, 0.4) is 0 Å². The quantitative estimate of drug-likeness (QED) is 0.652. The summed E-state index contributed by atoms with van der Waals surface area (Å²) in [4.78, 5) is 16.3. The number of hydrogen-bond acceptors (Lipinski definition) is 4. The standard InChI is InChI=1S/C21H21FN4O2/c22-16-5-1-2-7-20(16)28-14-21(27)24-11-12-26-19(15-8-9-15)13-18(25-26)17-6-3-4-10-23-17/h1-7,10,13,15H,8-9,11-12,14H2,(H,24,27). The number of hydrogen-bond donors (Lipinski definition) is 1. The molecule has 28 heavy (non-hydrogen) atoms. The number of amides is 1. The first-order chi connectivity index (χ1) is 13.7. The van der Waals surface area contributed by atoms with Crippen molar-refractivity contribution in [3.63, 3.8) is 0 Å². The molecule has 0 atom stereocenters. The number of nitrogens with one attached hydrogen (secondary N) is 1. The van der Waals surface area contributed by atoms with Crippen molar-refractivity contribution in [2.75, 3.05) is 13.2 Å². The molecule has 4 rings (SSSR count). The minimum atomic E-state index is -0.483. The van der Waals surface area contributed by atoms with E-state index in [9.17, 15) is 9.18 Å². The second-order valence-corrected chi connectivity index (χ2v) is 6.74. The summed E-state index contributed by atoms with van der Waals surface area (Å²) >= 11 is 0. The molecule has 2 aromatic heterocycles. The Bertz CT molecular complexity index is 954. The largest absolute Gasteiger partial charge is 0.481 e. The van der Waals surface area contributed by atoms with E-state index >= 15 is 0 Å². The molecule has 144 valence electrons. The van der Waals surface area contributed by atoms with Gasteiger partial charge in [-0.3, -0.25) is 14.5 Å². The summed E-state index contributed by atoms with van der Waals surface area (Å²) in [6.45, 7) is 0.751. The molecular formula is C21H21FN4O2. The van der Waals surface area contributed by atoms with Gasteiger partial charge in [-0.05, 0) is 43.2 Å². The monoisotopic (exact) mass is 380 g/mol. The number of aromatic nitrogens is 3. The van der Waals surface area contributed by atoms with Gasteiger partial charge in [-0.1, -0.05) is 18.2 Å². The van der Waals surface area contributed by atoms with Gasteiger partial charge in [0.15, 0.2) is 18.2 Å². The highest BCUT2D eigenvalue weighted by Gasteiger charge is 2.28. The molecular weight excluding hydrogens is 359 g/mol. The topological polar surface area (TPSA) is 69.0 Å². The lowest BCUT2D eigenvalue weighted by Crippen LogP contribution is -2.32. The highest BCUT2D eigenvalue weighted by atomic mass is 19.1. The third kappa shape index (κ3) is 4.36. The summed E-state index contributed by atoms with van der Waals surface area (Å²) in [6.07, 6.45) is 4.08. The number of benzene rings is 1. The minimum absolute atomic E-state index is 0.0701. The molecule has 0 aliphatic heterocycles. The maximum Gasteiger partial charge on any atom is 0.258 e. The van der Waals surface area contributed by atoms with Crippen LogP contribution in [0.15, 0.2) is 54.7 Å². The maximum atomic E-state index is 13.5. The van der Waals surface area contributed by atoms with Gasteiger partial charge in [0.25, 0.3) is 5.91 Å². The van der Waals surface area contributed by atoms with Crippen molar-refractivity contribution in [2.45, 2.75) is 25.3 Å². The highest BCUT2D eigenvalue weighted by Crippen LogP contribution is 2.41. The van der Waals surface area contributed by atoms with Crippen molar-refractivity contribution in [2.24, 2.45) is 0 Å². The summed E-state index contributed by atoms with van der Waals surface area (Å²) in [5.41, 5.74) is 2.86. The van der Waals surface area contributed by atoms with Crippen LogP contribution in [0.4, 0.5) is 4.39 Å². The van der Waals surface area contributed by atoms with Gasteiger partial charge in [0.05, 0.1) is 12.2 Å². The van der Waals surface area contributed by atoms with Crippen LogP contribution in [0, 0.1) is 5.82 Å². The molecule has 1 N–H and O–H groups in total. The van der Waals surface area contributed by atoms with Gasteiger partial charge in [0.2, 0.25) is 0 Å². The molecule has 1 aromatic carbocycles. The predicted octanol–water partition coefficient (Wildman–Crippen LogP) is 3.16. The highest BCUT2D eigenvalue weighted by molar-refractivity contribution is 5.77. The van der Waals surface area contributed by atoms with Crippen molar-refractivity contribution in [1.82, 2.24) is 20.1 Å². The molecule has 0 radical (unpaired) electrons. The van der Waals surface area contributed by atoms with Crippen molar-refractivity contribution >= 4 is 5.91 Å². The zero-order valence-corrected chi connectivity index (χ0v) is 15.3. The predicted molar refractivity (Wildman–Crippen MR) is 102 cm³/mol. The van der Waals surface area contributed by atoms with Gasteiger partial charge in [-0.25, -0.2) is 4.39 Å². The van der Waals surface area contributed by atoms with Crippen LogP contribution in [-0.4, -0.2) is 33.8 Å². The van der Waals surface area contributed by atoms with E-state index in [1.54, 1.807) is 18.3 Å². The lowest BCUT2D eigenvalue weighted by Gasteiger charge is -2.09. The fourth-order valence-electron chi connectivity index (χ4n) is 3.01. The molecule has 1 aliphatic carbocycles. The second kappa shape index (κ2) is 8.21. The fraction of sp³-hybridized carbons (Fsp3) is 0.286. The lowest BCUT2D eigenvalue weighted by atomic mass is 10.2. The number of carbonyl (C=O) groups excluding carboxylic acids is 1. The molecule has 0 saturated heterocycles. The maximum absolute atomic E-state index is 13.5. The van der Waals surface area contributed by atoms with Crippen LogP contribution in [-0.2, 0) is 11.3 Å². The van der Waals surface area contributed by atoms with Crippen LogP contribution in [0.1, 0.15) is 24.5 Å². The van der Waals surface area contributed by atoms with Gasteiger partial charge in [-0.2, -0.15) is 5.10 Å². The first-order valence-corrected chi connectivity index (χ1v) is 9.34. The molecule has 1 amide bonds. The van der Waals surface area contributed by atoms with Crippen LogP contribution < -0.4 is 10.1 Å². The van der Waals surface area contributed by atoms with E-state index in [1.807, 2.05) is 22.9 Å². The van der Waals surface area contributed by atoms with Crippen molar-refractivity contribution < 1.29 is 13.9 Å². The zero-order chi connectivity index (χ0) is 19.3. The summed E-state index contributed by atoms with van der Waals surface area (Å²) in [5.74, 6) is -0.179. The molecule has 1 saturated carbocycles. The number of pyridine rings is 1. The van der Waals surface area contributed by atoms with Crippen molar-refractivity contribution in [3.8, 4) is 17.1 Å². The fourth-order valence-corrected chi connectivity index (χ4v) is 3.01. The Hall–Kier alpha value is -3.22. The summed E-state index contributed by atoms with van der Waals surface area (Å²) in [7, 11) is 0. The molecule has 3 aromatic rings. The number of nitrogens with zero attached hydrogens (tertiary/aromatic N) is 3. The van der Waals surface area contributed by atoms with Gasteiger partial charge >= 0.3 is 0 Å². The van der Waals surface area contributed by atoms with Crippen molar-refractivity contribution in [1.29, 1.82) is 0 Å². The lowest BCUT2D eigenvalue weighted by molar-refractivity contribution is -0.123. The van der Waals surface area contributed by atoms with E-state index in [4.69, 9.17) is 4.74 Å². The molecule has 1 aliphatic rings. The number of ether oxygens (including phenoxy) is 1. The summed E-state index contributed by atoms with van der Waals surface area (Å²) < 4.78 is 20.7. The molecule has 0 spiro atoms. The van der Waals surface area contributed by atoms with E-state index in [0.717, 1.165) is 24.2 Å². The van der Waals surface area contributed by atoms with E-state index in [0.29, 0.717) is 19.0 Å². The number of carbonyl (C=O) groups is 1. The molecule has 0 unspecified atom stereocenters. The average Bonchev–Trinajstić information content (AvgIpc) is 3.48. The SMILES string of the molecule is O=C(COc1ccccc1F)NCCn1nc(-c2ccccn2)cc1C1CC1. The smallest absolute Gasteiger partial charge is 0.258 e. The van der Waals surface area contributed by atoms with E-state index in [1.165, 1.54) is 17.8 Å². The first-order valence-electron chi connectivity index (χ1n) is 9.34. The number of para-hydroxylation sites is 1.